The molecule has 0 bridgehead atoms. The molecule has 4 rings (SSSR count). The minimum atomic E-state index is -4.43. The number of benzene rings is 2. The van der Waals surface area contributed by atoms with Gasteiger partial charge in [-0.2, -0.15) is 18.3 Å². The van der Waals surface area contributed by atoms with Crippen molar-refractivity contribution < 1.29 is 13.2 Å². The molecule has 0 saturated carbocycles. The van der Waals surface area contributed by atoms with E-state index < -0.39 is 11.7 Å². The second-order valence-corrected chi connectivity index (χ2v) is 7.13. The lowest BCUT2D eigenvalue weighted by molar-refractivity contribution is -0.137. The van der Waals surface area contributed by atoms with E-state index in [2.05, 4.69) is 10.4 Å². The van der Waals surface area contributed by atoms with Crippen LogP contribution in [0.3, 0.4) is 0 Å². The Kier molecular flexibility index (Phi) is 4.18. The maximum absolute atomic E-state index is 13.2. The van der Waals surface area contributed by atoms with Gasteiger partial charge in [0, 0.05) is 17.7 Å². The summed E-state index contributed by atoms with van der Waals surface area (Å²) >= 11 is 6.25. The maximum Gasteiger partial charge on any atom is 0.416 e. The summed E-state index contributed by atoms with van der Waals surface area (Å²) in [5.74, 6) is 0.807. The molecule has 3 aromatic rings. The standard InChI is InChI=1S/C20H17ClF3N3/c1-11-3-5-14(9-12(11)2)27-19-15(7-8-25-19)18(26-27)16-10-13(20(22,23)24)4-6-17(16)21/h3-6,9-10,25H,7-8H2,1-2H3. The van der Waals surface area contributed by atoms with Crippen LogP contribution in [0.15, 0.2) is 36.4 Å². The van der Waals surface area contributed by atoms with Gasteiger partial charge in [0.25, 0.3) is 0 Å². The predicted octanol–water partition coefficient (Wildman–Crippen LogP) is 5.80. The van der Waals surface area contributed by atoms with Crippen molar-refractivity contribution in [1.29, 1.82) is 0 Å². The highest BCUT2D eigenvalue weighted by atomic mass is 35.5. The molecule has 0 radical (unpaired) electrons. The minimum Gasteiger partial charge on any atom is -0.369 e. The van der Waals surface area contributed by atoms with E-state index in [1.54, 1.807) is 4.68 Å². The Morgan fingerprint density at radius 2 is 1.85 bits per heavy atom. The Morgan fingerprint density at radius 3 is 2.56 bits per heavy atom. The van der Waals surface area contributed by atoms with E-state index in [1.807, 2.05) is 32.0 Å². The topological polar surface area (TPSA) is 29.9 Å². The number of fused-ring (bicyclic) bond motifs is 1. The molecule has 0 aliphatic carbocycles. The first-order chi connectivity index (χ1) is 12.8. The third-order valence-corrected chi connectivity index (χ3v) is 5.26. The van der Waals surface area contributed by atoms with Crippen LogP contribution in [0.5, 0.6) is 0 Å². The van der Waals surface area contributed by atoms with Gasteiger partial charge < -0.3 is 5.32 Å². The van der Waals surface area contributed by atoms with Crippen LogP contribution in [-0.2, 0) is 12.6 Å². The Bertz CT molecular complexity index is 1040. The lowest BCUT2D eigenvalue weighted by Gasteiger charge is -2.10. The highest BCUT2D eigenvalue weighted by molar-refractivity contribution is 6.33. The fraction of sp³-hybridized carbons (Fsp3) is 0.250. The molecule has 0 amide bonds. The quantitative estimate of drug-likeness (QED) is 0.598. The van der Waals surface area contributed by atoms with E-state index in [0.717, 1.165) is 40.3 Å². The van der Waals surface area contributed by atoms with Gasteiger partial charge in [0.2, 0.25) is 0 Å². The molecule has 1 aromatic heterocycles. The average molecular weight is 392 g/mol. The third kappa shape index (κ3) is 3.08. The Morgan fingerprint density at radius 1 is 1.07 bits per heavy atom. The van der Waals surface area contributed by atoms with Gasteiger partial charge in [0.1, 0.15) is 5.82 Å². The molecule has 7 heteroatoms. The molecular weight excluding hydrogens is 375 g/mol. The number of rotatable bonds is 2. The maximum atomic E-state index is 13.2. The number of hydrogen-bond acceptors (Lipinski definition) is 2. The summed E-state index contributed by atoms with van der Waals surface area (Å²) in [6.07, 6.45) is -3.75. The summed E-state index contributed by atoms with van der Waals surface area (Å²) in [5, 5.41) is 8.17. The van der Waals surface area contributed by atoms with Gasteiger partial charge in [0.05, 0.1) is 22.0 Å². The number of anilines is 1. The number of halogens is 4. The van der Waals surface area contributed by atoms with Gasteiger partial charge in [-0.05, 0) is 61.7 Å². The van der Waals surface area contributed by atoms with Gasteiger partial charge in [-0.3, -0.25) is 0 Å². The van der Waals surface area contributed by atoms with Crippen molar-refractivity contribution in [3.05, 3.63) is 63.7 Å². The second-order valence-electron chi connectivity index (χ2n) is 6.73. The fourth-order valence-corrected chi connectivity index (χ4v) is 3.53. The van der Waals surface area contributed by atoms with Crippen LogP contribution in [0.25, 0.3) is 16.9 Å². The largest absolute Gasteiger partial charge is 0.416 e. The van der Waals surface area contributed by atoms with Gasteiger partial charge in [0.15, 0.2) is 0 Å². The van der Waals surface area contributed by atoms with E-state index >= 15 is 0 Å². The van der Waals surface area contributed by atoms with Crippen molar-refractivity contribution >= 4 is 17.4 Å². The van der Waals surface area contributed by atoms with E-state index in [4.69, 9.17) is 11.6 Å². The van der Waals surface area contributed by atoms with Crippen LogP contribution in [0.1, 0.15) is 22.3 Å². The molecule has 2 aromatic carbocycles. The first kappa shape index (κ1) is 17.9. The lowest BCUT2D eigenvalue weighted by Crippen LogP contribution is -2.06. The first-order valence-electron chi connectivity index (χ1n) is 8.56. The van der Waals surface area contributed by atoms with E-state index in [0.29, 0.717) is 24.2 Å². The number of nitrogens with one attached hydrogen (secondary N) is 1. The molecule has 140 valence electrons. The highest BCUT2D eigenvalue weighted by Crippen LogP contribution is 2.40. The van der Waals surface area contributed by atoms with Crippen LogP contribution in [0, 0.1) is 13.8 Å². The molecule has 0 spiro atoms. The molecule has 0 atom stereocenters. The molecule has 3 nitrogen and oxygen atoms in total. The third-order valence-electron chi connectivity index (χ3n) is 4.93. The normalized spacial score (nSPS) is 13.6. The zero-order valence-corrected chi connectivity index (χ0v) is 15.5. The van der Waals surface area contributed by atoms with Crippen LogP contribution >= 0.6 is 11.6 Å². The Labute approximate surface area is 159 Å². The van der Waals surface area contributed by atoms with Gasteiger partial charge >= 0.3 is 6.18 Å². The number of nitrogens with zero attached hydrogens (tertiary/aromatic N) is 2. The van der Waals surface area contributed by atoms with Crippen LogP contribution in [-0.4, -0.2) is 16.3 Å². The molecule has 1 aliphatic rings. The number of alkyl halides is 3. The zero-order chi connectivity index (χ0) is 19.3. The molecule has 1 aliphatic heterocycles. The summed E-state index contributed by atoms with van der Waals surface area (Å²) in [7, 11) is 0. The highest BCUT2D eigenvalue weighted by Gasteiger charge is 2.32. The van der Waals surface area contributed by atoms with E-state index in [9.17, 15) is 13.2 Å². The van der Waals surface area contributed by atoms with Gasteiger partial charge in [-0.15, -0.1) is 0 Å². The molecule has 2 heterocycles. The number of aromatic nitrogens is 2. The van der Waals surface area contributed by atoms with Crippen LogP contribution in [0.4, 0.5) is 19.0 Å². The average Bonchev–Trinajstić information content (AvgIpc) is 3.19. The summed E-state index contributed by atoms with van der Waals surface area (Å²) in [6.45, 7) is 4.75. The number of aryl methyl sites for hydroxylation is 2. The minimum absolute atomic E-state index is 0.252. The monoisotopic (exact) mass is 391 g/mol. The van der Waals surface area contributed by atoms with E-state index in [1.165, 1.54) is 6.07 Å². The zero-order valence-electron chi connectivity index (χ0n) is 14.8. The second kappa shape index (κ2) is 6.30. The van der Waals surface area contributed by atoms with Gasteiger partial charge in [-0.1, -0.05) is 17.7 Å². The van der Waals surface area contributed by atoms with Crippen LogP contribution < -0.4 is 5.32 Å². The molecule has 0 fully saturated rings. The van der Waals surface area contributed by atoms with Crippen molar-refractivity contribution in [3.8, 4) is 16.9 Å². The predicted molar refractivity (Wildman–Crippen MR) is 101 cm³/mol. The summed E-state index contributed by atoms with van der Waals surface area (Å²) in [4.78, 5) is 0. The molecule has 27 heavy (non-hydrogen) atoms. The van der Waals surface area contributed by atoms with Crippen molar-refractivity contribution in [2.45, 2.75) is 26.4 Å². The Balaban J connectivity index is 1.90. The molecular formula is C20H17ClF3N3. The van der Waals surface area contributed by atoms with Gasteiger partial charge in [-0.25, -0.2) is 4.68 Å². The SMILES string of the molecule is Cc1ccc(-n2nc(-c3cc(C(F)(F)F)ccc3Cl)c3c2NCC3)cc1C. The van der Waals surface area contributed by atoms with Crippen molar-refractivity contribution in [3.63, 3.8) is 0 Å². The summed E-state index contributed by atoms with van der Waals surface area (Å²) in [5.41, 5.74) is 4.08. The van der Waals surface area contributed by atoms with Crippen molar-refractivity contribution in [2.24, 2.45) is 0 Å². The Hall–Kier alpha value is -2.47. The smallest absolute Gasteiger partial charge is 0.369 e. The fourth-order valence-electron chi connectivity index (χ4n) is 3.32. The summed E-state index contributed by atoms with van der Waals surface area (Å²) in [6, 6.07) is 9.32. The molecule has 0 saturated heterocycles. The van der Waals surface area contributed by atoms with Crippen molar-refractivity contribution in [2.75, 3.05) is 11.9 Å². The molecule has 1 N–H and O–H groups in total. The first-order valence-corrected chi connectivity index (χ1v) is 8.94. The number of hydrogen-bond donors (Lipinski definition) is 1. The van der Waals surface area contributed by atoms with E-state index in [-0.39, 0.29) is 5.02 Å². The van der Waals surface area contributed by atoms with Crippen molar-refractivity contribution in [1.82, 2.24) is 9.78 Å². The van der Waals surface area contributed by atoms with Crippen LogP contribution in [0.2, 0.25) is 5.02 Å². The lowest BCUT2D eigenvalue weighted by atomic mass is 10.0. The summed E-state index contributed by atoms with van der Waals surface area (Å²) < 4.78 is 41.2. The molecule has 0 unspecified atom stereocenters.